The first kappa shape index (κ1) is 27.0. The fraction of sp³-hybridized carbons (Fsp3) is 0.138. The van der Waals surface area contributed by atoms with E-state index in [2.05, 4.69) is 4.99 Å². The van der Waals surface area contributed by atoms with E-state index < -0.39 is 11.9 Å². The van der Waals surface area contributed by atoms with Gasteiger partial charge in [-0.15, -0.1) is 0 Å². The average molecular weight is 550 g/mol. The van der Waals surface area contributed by atoms with Crippen molar-refractivity contribution in [3.8, 4) is 11.5 Å². The Balaban J connectivity index is 1.63. The number of rotatable bonds is 8. The molecule has 0 saturated heterocycles. The van der Waals surface area contributed by atoms with Crippen LogP contribution in [-0.2, 0) is 16.1 Å². The molecule has 0 radical (unpaired) electrons. The van der Waals surface area contributed by atoms with E-state index in [1.54, 1.807) is 49.4 Å². The molecule has 3 aromatic rings. The molecule has 0 atom stereocenters. The molecule has 38 heavy (non-hydrogen) atoms. The van der Waals surface area contributed by atoms with E-state index in [9.17, 15) is 14.7 Å². The van der Waals surface area contributed by atoms with Crippen LogP contribution in [0.25, 0.3) is 6.08 Å². The molecular weight excluding hydrogens is 526 g/mol. The Labute approximate surface area is 229 Å². The molecule has 1 aliphatic heterocycles. The van der Waals surface area contributed by atoms with Crippen molar-refractivity contribution in [3.63, 3.8) is 0 Å². The van der Waals surface area contributed by atoms with Gasteiger partial charge in [-0.1, -0.05) is 71.9 Å². The first-order valence-corrected chi connectivity index (χ1v) is 12.8. The van der Waals surface area contributed by atoms with Crippen LogP contribution in [0.15, 0.2) is 94.0 Å². The number of hydrogen-bond donors (Lipinski definition) is 1. The molecule has 0 aromatic heterocycles. The molecule has 7 nitrogen and oxygen atoms in total. The Kier molecular flexibility index (Phi) is 8.89. The minimum atomic E-state index is -0.783. The highest BCUT2D eigenvalue weighted by Crippen LogP contribution is 2.40. The van der Waals surface area contributed by atoms with E-state index in [4.69, 9.17) is 25.8 Å². The maximum atomic E-state index is 12.8. The van der Waals surface area contributed by atoms with Crippen LogP contribution in [0.3, 0.4) is 0 Å². The number of amides is 1. The van der Waals surface area contributed by atoms with Gasteiger partial charge in [0, 0.05) is 0 Å². The largest absolute Gasteiger partial charge is 0.506 e. The number of halogens is 1. The van der Waals surface area contributed by atoms with Crippen LogP contribution in [0, 0.1) is 0 Å². The van der Waals surface area contributed by atoms with E-state index in [-0.39, 0.29) is 33.6 Å². The van der Waals surface area contributed by atoms with Crippen molar-refractivity contribution < 1.29 is 28.9 Å². The summed E-state index contributed by atoms with van der Waals surface area (Å²) in [5.41, 5.74) is 1.68. The number of hydrogen-bond acceptors (Lipinski definition) is 7. The van der Waals surface area contributed by atoms with Gasteiger partial charge in [0.25, 0.3) is 5.91 Å². The molecule has 9 heteroatoms. The number of thioether (sulfide) groups is 1. The second-order valence-corrected chi connectivity index (χ2v) is 9.38. The van der Waals surface area contributed by atoms with E-state index in [0.29, 0.717) is 28.6 Å². The number of carbonyl (C=O) groups excluding carboxylic acids is 2. The Morgan fingerprint density at radius 2 is 1.76 bits per heavy atom. The molecule has 0 saturated carbocycles. The highest BCUT2D eigenvalue weighted by molar-refractivity contribution is 8.18. The highest BCUT2D eigenvalue weighted by Gasteiger charge is 2.34. The molecule has 4 rings (SSSR count). The third kappa shape index (κ3) is 6.27. The van der Waals surface area contributed by atoms with Crippen LogP contribution >= 0.6 is 23.4 Å². The highest BCUT2D eigenvalue weighted by atomic mass is 35.5. The van der Waals surface area contributed by atoms with Gasteiger partial charge in [0.2, 0.25) is 0 Å². The van der Waals surface area contributed by atoms with Gasteiger partial charge in [0.05, 0.1) is 29.2 Å². The second-order valence-electron chi connectivity index (χ2n) is 7.94. The SMILES string of the molecule is CCOC(=O)C1=C(O)/C(=C/c2ccc(OCc3ccccc3)c(OC)c2)SC1=NC(=O)c1ccccc1Cl. The minimum Gasteiger partial charge on any atom is -0.506 e. The number of carbonyl (C=O) groups is 2. The van der Waals surface area contributed by atoms with Gasteiger partial charge in [0.15, 0.2) is 11.5 Å². The lowest BCUT2D eigenvalue weighted by atomic mass is 10.1. The lowest BCUT2D eigenvalue weighted by Crippen LogP contribution is -2.14. The van der Waals surface area contributed by atoms with Crippen LogP contribution < -0.4 is 9.47 Å². The zero-order valence-electron chi connectivity index (χ0n) is 20.6. The number of aliphatic hydroxyl groups is 1. The van der Waals surface area contributed by atoms with E-state index in [0.717, 1.165) is 17.3 Å². The number of benzene rings is 3. The maximum absolute atomic E-state index is 12.8. The van der Waals surface area contributed by atoms with Gasteiger partial charge in [-0.25, -0.2) is 9.79 Å². The standard InChI is InChI=1S/C29H24ClNO6S/c1-3-36-29(34)25-26(32)24(38-28(25)31-27(33)20-11-7-8-12-21(20)30)16-19-13-14-22(23(15-19)35-2)37-17-18-9-5-4-6-10-18/h4-16,32H,3,17H2,1-2H3/b24-16-,31-28?. The topological polar surface area (TPSA) is 94.4 Å². The summed E-state index contributed by atoms with van der Waals surface area (Å²) in [5.74, 6) is -0.709. The fourth-order valence-electron chi connectivity index (χ4n) is 3.56. The predicted molar refractivity (Wildman–Crippen MR) is 149 cm³/mol. The first-order chi connectivity index (χ1) is 18.4. The molecule has 3 aromatic carbocycles. The summed E-state index contributed by atoms with van der Waals surface area (Å²) in [7, 11) is 1.53. The third-order valence-corrected chi connectivity index (χ3v) is 6.75. The van der Waals surface area contributed by atoms with Gasteiger partial charge in [0.1, 0.15) is 23.0 Å². The molecule has 1 amide bonds. The summed E-state index contributed by atoms with van der Waals surface area (Å²) < 4.78 is 16.5. The second kappa shape index (κ2) is 12.5. The molecular formula is C29H24ClNO6S. The quantitative estimate of drug-likeness (QED) is 0.315. The summed E-state index contributed by atoms with van der Waals surface area (Å²) in [6, 6.07) is 21.5. The van der Waals surface area contributed by atoms with E-state index >= 15 is 0 Å². The van der Waals surface area contributed by atoms with Crippen LogP contribution in [0.5, 0.6) is 11.5 Å². The molecule has 0 unspecified atom stereocenters. The van der Waals surface area contributed by atoms with Crippen LogP contribution in [0.4, 0.5) is 0 Å². The van der Waals surface area contributed by atoms with Gasteiger partial charge < -0.3 is 19.3 Å². The van der Waals surface area contributed by atoms with Gasteiger partial charge in [-0.3, -0.25) is 4.79 Å². The zero-order chi connectivity index (χ0) is 27.1. The van der Waals surface area contributed by atoms with E-state index in [1.165, 1.54) is 13.2 Å². The van der Waals surface area contributed by atoms with Crippen LogP contribution in [-0.4, -0.2) is 35.7 Å². The molecule has 1 heterocycles. The lowest BCUT2D eigenvalue weighted by Gasteiger charge is -2.11. The number of aliphatic hydroxyl groups excluding tert-OH is 1. The molecule has 0 spiro atoms. The number of esters is 1. The molecule has 0 fully saturated rings. The van der Waals surface area contributed by atoms with Crippen molar-refractivity contribution in [3.05, 3.63) is 111 Å². The van der Waals surface area contributed by atoms with Crippen LogP contribution in [0.2, 0.25) is 5.02 Å². The van der Waals surface area contributed by atoms with Gasteiger partial charge >= 0.3 is 5.97 Å². The fourth-order valence-corrected chi connectivity index (χ4v) is 4.79. The number of nitrogens with zero attached hydrogens (tertiary/aromatic N) is 1. The Morgan fingerprint density at radius 1 is 1.03 bits per heavy atom. The molecule has 1 N–H and O–H groups in total. The number of ether oxygens (including phenoxy) is 3. The van der Waals surface area contributed by atoms with Crippen LogP contribution in [0.1, 0.15) is 28.4 Å². The summed E-state index contributed by atoms with van der Waals surface area (Å²) in [4.78, 5) is 29.9. The predicted octanol–water partition coefficient (Wildman–Crippen LogP) is 6.63. The monoisotopic (exact) mass is 549 g/mol. The zero-order valence-corrected chi connectivity index (χ0v) is 22.2. The molecule has 1 aliphatic rings. The summed E-state index contributed by atoms with van der Waals surface area (Å²) >= 11 is 7.11. The van der Waals surface area contributed by atoms with Gasteiger partial charge in [-0.2, -0.15) is 0 Å². The van der Waals surface area contributed by atoms with Crippen molar-refractivity contribution in [2.45, 2.75) is 13.5 Å². The molecule has 194 valence electrons. The number of aliphatic imine (C=N–C) groups is 1. The maximum Gasteiger partial charge on any atom is 0.344 e. The molecule has 0 bridgehead atoms. The normalized spacial score (nSPS) is 15.1. The van der Waals surface area contributed by atoms with Crippen molar-refractivity contribution >= 4 is 46.4 Å². The first-order valence-electron chi connectivity index (χ1n) is 11.6. The Morgan fingerprint density at radius 3 is 2.47 bits per heavy atom. The minimum absolute atomic E-state index is 0.0203. The van der Waals surface area contributed by atoms with Crippen molar-refractivity contribution in [2.24, 2.45) is 4.99 Å². The van der Waals surface area contributed by atoms with Crippen molar-refractivity contribution in [2.75, 3.05) is 13.7 Å². The summed E-state index contributed by atoms with van der Waals surface area (Å²) in [6.45, 7) is 2.11. The Hall–Kier alpha value is -4.01. The smallest absolute Gasteiger partial charge is 0.344 e. The molecule has 0 aliphatic carbocycles. The Bertz CT molecular complexity index is 1450. The summed E-state index contributed by atoms with van der Waals surface area (Å²) in [6.07, 6.45) is 1.66. The average Bonchev–Trinajstić information content (AvgIpc) is 3.22. The van der Waals surface area contributed by atoms with Crippen molar-refractivity contribution in [1.82, 2.24) is 0 Å². The van der Waals surface area contributed by atoms with E-state index in [1.807, 2.05) is 30.3 Å². The summed E-state index contributed by atoms with van der Waals surface area (Å²) in [5, 5.41) is 11.2. The number of methoxy groups -OCH3 is 1. The lowest BCUT2D eigenvalue weighted by molar-refractivity contribution is -0.138. The van der Waals surface area contributed by atoms with Crippen molar-refractivity contribution in [1.29, 1.82) is 0 Å². The van der Waals surface area contributed by atoms with Gasteiger partial charge in [-0.05, 0) is 48.4 Å². The third-order valence-electron chi connectivity index (χ3n) is 5.40.